The second kappa shape index (κ2) is 5.88. The number of hydrogen-bond donors (Lipinski definition) is 1. The summed E-state index contributed by atoms with van der Waals surface area (Å²) in [4.78, 5) is 0. The lowest BCUT2D eigenvalue weighted by molar-refractivity contribution is 0.354. The zero-order valence-corrected chi connectivity index (χ0v) is 12.1. The fourth-order valence-electron chi connectivity index (χ4n) is 2.71. The summed E-state index contributed by atoms with van der Waals surface area (Å²) in [6.45, 7) is 9.26. The Labute approximate surface area is 112 Å². The van der Waals surface area contributed by atoms with Crippen LogP contribution in [0.1, 0.15) is 51.2 Å². The molecule has 0 bridgehead atoms. The Morgan fingerprint density at radius 3 is 2.22 bits per heavy atom. The van der Waals surface area contributed by atoms with Crippen molar-refractivity contribution in [2.24, 2.45) is 5.92 Å². The summed E-state index contributed by atoms with van der Waals surface area (Å²) in [5.74, 6) is 0.938. The molecule has 0 spiro atoms. The third-order valence-electron chi connectivity index (χ3n) is 4.12. The Kier molecular flexibility index (Phi) is 4.45. The van der Waals surface area contributed by atoms with E-state index in [4.69, 9.17) is 0 Å². The molecule has 1 aromatic carbocycles. The van der Waals surface area contributed by atoms with Gasteiger partial charge in [0.2, 0.25) is 0 Å². The van der Waals surface area contributed by atoms with E-state index in [1.165, 1.54) is 49.9 Å². The lowest BCUT2D eigenvalue weighted by atomic mass is 9.86. The maximum atomic E-state index is 3.44. The van der Waals surface area contributed by atoms with Crippen LogP contribution in [-0.2, 0) is 11.8 Å². The van der Waals surface area contributed by atoms with Crippen molar-refractivity contribution in [1.29, 1.82) is 0 Å². The van der Waals surface area contributed by atoms with E-state index in [1.807, 2.05) is 0 Å². The minimum atomic E-state index is 0.271. The summed E-state index contributed by atoms with van der Waals surface area (Å²) in [5, 5.41) is 3.44. The average Bonchev–Trinajstić information content (AvgIpc) is 2.37. The van der Waals surface area contributed by atoms with Gasteiger partial charge in [-0.3, -0.25) is 0 Å². The number of aryl methyl sites for hydroxylation is 1. The van der Waals surface area contributed by atoms with Crippen molar-refractivity contribution in [3.05, 3.63) is 35.4 Å². The number of rotatable bonds is 3. The van der Waals surface area contributed by atoms with E-state index >= 15 is 0 Å². The van der Waals surface area contributed by atoms with Crippen LogP contribution in [-0.4, -0.2) is 13.1 Å². The maximum Gasteiger partial charge on any atom is -0.00463 e. The first-order valence-corrected chi connectivity index (χ1v) is 7.36. The summed E-state index contributed by atoms with van der Waals surface area (Å²) in [6.07, 6.45) is 5.33. The van der Waals surface area contributed by atoms with E-state index in [0.29, 0.717) is 0 Å². The SMILES string of the molecule is CC(C)(C)c1ccc(CCC2CCNCC2)cc1. The van der Waals surface area contributed by atoms with Crippen LogP contribution < -0.4 is 5.32 Å². The van der Waals surface area contributed by atoms with Gasteiger partial charge in [0.25, 0.3) is 0 Å². The number of nitrogens with one attached hydrogen (secondary N) is 1. The molecule has 1 N–H and O–H groups in total. The quantitative estimate of drug-likeness (QED) is 0.851. The van der Waals surface area contributed by atoms with Gasteiger partial charge >= 0.3 is 0 Å². The van der Waals surface area contributed by atoms with Crippen LogP contribution in [0.5, 0.6) is 0 Å². The molecule has 18 heavy (non-hydrogen) atoms. The number of piperidine rings is 1. The first-order chi connectivity index (χ1) is 8.55. The Morgan fingerprint density at radius 1 is 1.06 bits per heavy atom. The molecule has 1 heterocycles. The molecule has 1 heteroatoms. The third-order valence-corrected chi connectivity index (χ3v) is 4.12. The summed E-state index contributed by atoms with van der Waals surface area (Å²) < 4.78 is 0. The van der Waals surface area contributed by atoms with Crippen molar-refractivity contribution in [3.8, 4) is 0 Å². The van der Waals surface area contributed by atoms with Gasteiger partial charge in [0.05, 0.1) is 0 Å². The molecule has 0 atom stereocenters. The molecule has 1 aliphatic rings. The van der Waals surface area contributed by atoms with Crippen LogP contribution in [0.2, 0.25) is 0 Å². The topological polar surface area (TPSA) is 12.0 Å². The molecule has 2 rings (SSSR count). The predicted octanol–water partition coefficient (Wildman–Crippen LogP) is 3.92. The average molecular weight is 245 g/mol. The van der Waals surface area contributed by atoms with Crippen LogP contribution in [0.25, 0.3) is 0 Å². The second-order valence-corrected chi connectivity index (χ2v) is 6.68. The van der Waals surface area contributed by atoms with Gasteiger partial charge in [0.1, 0.15) is 0 Å². The van der Waals surface area contributed by atoms with Crippen molar-refractivity contribution in [1.82, 2.24) is 5.32 Å². The molecule has 0 radical (unpaired) electrons. The first kappa shape index (κ1) is 13.6. The fraction of sp³-hybridized carbons (Fsp3) is 0.647. The third kappa shape index (κ3) is 3.84. The maximum absolute atomic E-state index is 3.44. The van der Waals surface area contributed by atoms with Crippen molar-refractivity contribution in [2.75, 3.05) is 13.1 Å². The van der Waals surface area contributed by atoms with Gasteiger partial charge < -0.3 is 5.32 Å². The fourth-order valence-corrected chi connectivity index (χ4v) is 2.71. The van der Waals surface area contributed by atoms with E-state index in [1.54, 1.807) is 0 Å². The highest BCUT2D eigenvalue weighted by molar-refractivity contribution is 5.27. The molecule has 0 aliphatic carbocycles. The van der Waals surface area contributed by atoms with E-state index in [2.05, 4.69) is 50.4 Å². The summed E-state index contributed by atoms with van der Waals surface area (Å²) >= 11 is 0. The van der Waals surface area contributed by atoms with Crippen molar-refractivity contribution in [3.63, 3.8) is 0 Å². The molecule has 0 saturated carbocycles. The first-order valence-electron chi connectivity index (χ1n) is 7.36. The van der Waals surface area contributed by atoms with Crippen molar-refractivity contribution < 1.29 is 0 Å². The molecular weight excluding hydrogens is 218 g/mol. The molecule has 0 unspecified atom stereocenters. The highest BCUT2D eigenvalue weighted by atomic mass is 14.9. The molecule has 1 nitrogen and oxygen atoms in total. The number of benzene rings is 1. The van der Waals surface area contributed by atoms with E-state index in [0.717, 1.165) is 5.92 Å². The number of hydrogen-bond acceptors (Lipinski definition) is 1. The van der Waals surface area contributed by atoms with Crippen LogP contribution >= 0.6 is 0 Å². The smallest absolute Gasteiger partial charge is 0.00463 e. The van der Waals surface area contributed by atoms with Crippen LogP contribution in [0.4, 0.5) is 0 Å². The minimum absolute atomic E-state index is 0.271. The molecule has 1 aliphatic heterocycles. The largest absolute Gasteiger partial charge is 0.317 e. The summed E-state index contributed by atoms with van der Waals surface area (Å²) in [5.41, 5.74) is 3.21. The lowest BCUT2D eigenvalue weighted by Crippen LogP contribution is -2.27. The zero-order valence-electron chi connectivity index (χ0n) is 12.1. The molecule has 0 amide bonds. The second-order valence-electron chi connectivity index (χ2n) is 6.68. The normalized spacial score (nSPS) is 17.9. The van der Waals surface area contributed by atoms with E-state index in [9.17, 15) is 0 Å². The van der Waals surface area contributed by atoms with Crippen LogP contribution in [0.3, 0.4) is 0 Å². The summed E-state index contributed by atoms with van der Waals surface area (Å²) in [7, 11) is 0. The Morgan fingerprint density at radius 2 is 1.67 bits per heavy atom. The van der Waals surface area contributed by atoms with Gasteiger partial charge in [-0.05, 0) is 61.2 Å². The predicted molar refractivity (Wildman–Crippen MR) is 79.1 cm³/mol. The molecular formula is C17H27N. The highest BCUT2D eigenvalue weighted by Gasteiger charge is 2.14. The molecule has 1 fully saturated rings. The van der Waals surface area contributed by atoms with Gasteiger partial charge in [0.15, 0.2) is 0 Å². The van der Waals surface area contributed by atoms with Gasteiger partial charge in [0, 0.05) is 0 Å². The van der Waals surface area contributed by atoms with Crippen molar-refractivity contribution >= 4 is 0 Å². The van der Waals surface area contributed by atoms with E-state index in [-0.39, 0.29) is 5.41 Å². The van der Waals surface area contributed by atoms with Gasteiger partial charge in [-0.15, -0.1) is 0 Å². The lowest BCUT2D eigenvalue weighted by Gasteiger charge is -2.23. The van der Waals surface area contributed by atoms with Gasteiger partial charge in [-0.2, -0.15) is 0 Å². The summed E-state index contributed by atoms with van der Waals surface area (Å²) in [6, 6.07) is 9.25. The Bertz CT molecular complexity index is 352. The Hall–Kier alpha value is -0.820. The van der Waals surface area contributed by atoms with Crippen LogP contribution in [0, 0.1) is 5.92 Å². The zero-order chi connectivity index (χ0) is 13.0. The molecule has 1 saturated heterocycles. The monoisotopic (exact) mass is 245 g/mol. The van der Waals surface area contributed by atoms with Gasteiger partial charge in [-0.25, -0.2) is 0 Å². The molecule has 1 aromatic rings. The molecule has 0 aromatic heterocycles. The van der Waals surface area contributed by atoms with Crippen molar-refractivity contribution in [2.45, 2.75) is 51.9 Å². The van der Waals surface area contributed by atoms with Gasteiger partial charge in [-0.1, -0.05) is 45.0 Å². The van der Waals surface area contributed by atoms with Crippen LogP contribution in [0.15, 0.2) is 24.3 Å². The minimum Gasteiger partial charge on any atom is -0.317 e. The van der Waals surface area contributed by atoms with E-state index < -0.39 is 0 Å². The standard InChI is InChI=1S/C17H27N/c1-17(2,3)16-8-6-14(7-9-16)4-5-15-10-12-18-13-11-15/h6-9,15,18H,4-5,10-13H2,1-3H3. The molecule has 100 valence electrons. The Balaban J connectivity index is 1.86. The highest BCUT2D eigenvalue weighted by Crippen LogP contribution is 2.23.